The van der Waals surface area contributed by atoms with E-state index in [1.54, 1.807) is 25.1 Å². The van der Waals surface area contributed by atoms with Gasteiger partial charge in [0.25, 0.3) is 0 Å². The van der Waals surface area contributed by atoms with Gasteiger partial charge in [-0.25, -0.2) is 0 Å². The van der Waals surface area contributed by atoms with Crippen molar-refractivity contribution in [3.8, 4) is 0 Å². The van der Waals surface area contributed by atoms with Crippen LogP contribution in [0.3, 0.4) is 0 Å². The van der Waals surface area contributed by atoms with Gasteiger partial charge in [-0.2, -0.15) is 0 Å². The average molecular weight is 460 g/mol. The lowest BCUT2D eigenvalue weighted by Crippen LogP contribution is -2.31. The Bertz CT molecular complexity index is 982. The minimum Gasteiger partial charge on any atom is -0.452 e. The molecule has 1 aliphatic heterocycles. The Balaban J connectivity index is 1.60. The van der Waals surface area contributed by atoms with E-state index in [0.717, 1.165) is 39.4 Å². The third-order valence-electron chi connectivity index (χ3n) is 4.87. The van der Waals surface area contributed by atoms with Crippen LogP contribution in [0.15, 0.2) is 75.2 Å². The molecular weight excluding hydrogens is 438 g/mol. The second kappa shape index (κ2) is 9.83. The summed E-state index contributed by atoms with van der Waals surface area (Å²) in [6, 6.07) is 17.5. The van der Waals surface area contributed by atoms with E-state index in [4.69, 9.17) is 33.0 Å². The van der Waals surface area contributed by atoms with E-state index < -0.39 is 0 Å². The molecule has 3 aromatic rings. The summed E-state index contributed by atoms with van der Waals surface area (Å²) in [5.74, 6) is 0.854. The fraction of sp³-hybridized carbons (Fsp3) is 0.273. The van der Waals surface area contributed by atoms with Crippen LogP contribution in [0.1, 0.15) is 30.0 Å². The van der Waals surface area contributed by atoms with Crippen LogP contribution in [-0.2, 0) is 4.74 Å². The third kappa shape index (κ3) is 4.81. The van der Waals surface area contributed by atoms with E-state index in [9.17, 15) is 0 Å². The average Bonchev–Trinajstić information content (AvgIpc) is 3.35. The van der Waals surface area contributed by atoms with Crippen LogP contribution in [0.2, 0.25) is 5.02 Å². The molecule has 2 unspecified atom stereocenters. The maximum atomic E-state index is 6.27. The molecule has 2 atom stereocenters. The number of pyridine rings is 1. The SMILES string of the molecule is COCCCN1C(=S)NC(c2ccccn2)C1c1ccc(Sc2ccc(Cl)cc2)o1. The minimum absolute atomic E-state index is 0.0798. The first-order valence-electron chi connectivity index (χ1n) is 9.66. The standard InChI is InChI=1S/C22H22ClN3O2S2/c1-27-14-4-13-26-21(20(25-22(26)29)17-5-2-3-12-24-17)18-10-11-19(28-18)30-16-8-6-15(23)7-9-16/h2-3,5-12,20-21H,4,13-14H2,1H3,(H,25,29). The Morgan fingerprint density at radius 2 is 2.03 bits per heavy atom. The van der Waals surface area contributed by atoms with E-state index in [2.05, 4.69) is 15.2 Å². The van der Waals surface area contributed by atoms with Crippen LogP contribution < -0.4 is 5.32 Å². The van der Waals surface area contributed by atoms with E-state index in [0.29, 0.717) is 11.7 Å². The zero-order valence-electron chi connectivity index (χ0n) is 16.5. The first-order chi connectivity index (χ1) is 14.7. The summed E-state index contributed by atoms with van der Waals surface area (Å²) < 4.78 is 11.5. The topological polar surface area (TPSA) is 50.5 Å². The second-order valence-corrected chi connectivity index (χ2v) is 8.78. The lowest BCUT2D eigenvalue weighted by Gasteiger charge is -2.25. The molecule has 5 nitrogen and oxygen atoms in total. The predicted octanol–water partition coefficient (Wildman–Crippen LogP) is 5.49. The Morgan fingerprint density at radius 1 is 1.20 bits per heavy atom. The van der Waals surface area contributed by atoms with Crippen molar-refractivity contribution in [2.45, 2.75) is 28.5 Å². The lowest BCUT2D eigenvalue weighted by atomic mass is 10.0. The first-order valence-corrected chi connectivity index (χ1v) is 11.3. The molecule has 1 aliphatic rings. The summed E-state index contributed by atoms with van der Waals surface area (Å²) in [7, 11) is 1.71. The molecule has 30 heavy (non-hydrogen) atoms. The van der Waals surface area contributed by atoms with Gasteiger partial charge in [0.1, 0.15) is 11.8 Å². The summed E-state index contributed by atoms with van der Waals surface area (Å²) in [6.45, 7) is 1.45. The van der Waals surface area contributed by atoms with Gasteiger partial charge in [-0.05, 0) is 67.2 Å². The Morgan fingerprint density at radius 3 is 2.77 bits per heavy atom. The Hall–Kier alpha value is -2.06. The highest BCUT2D eigenvalue weighted by atomic mass is 35.5. The van der Waals surface area contributed by atoms with Crippen LogP contribution >= 0.6 is 35.6 Å². The van der Waals surface area contributed by atoms with Crippen molar-refractivity contribution < 1.29 is 9.15 Å². The van der Waals surface area contributed by atoms with Gasteiger partial charge in [0, 0.05) is 36.4 Å². The fourth-order valence-electron chi connectivity index (χ4n) is 3.50. The van der Waals surface area contributed by atoms with Crippen LogP contribution in [-0.4, -0.2) is 35.3 Å². The van der Waals surface area contributed by atoms with Gasteiger partial charge < -0.3 is 19.4 Å². The highest BCUT2D eigenvalue weighted by molar-refractivity contribution is 7.99. The molecule has 3 heterocycles. The zero-order chi connectivity index (χ0) is 20.9. The van der Waals surface area contributed by atoms with Crippen molar-refractivity contribution in [3.05, 3.63) is 77.3 Å². The molecule has 0 saturated carbocycles. The van der Waals surface area contributed by atoms with Gasteiger partial charge >= 0.3 is 0 Å². The maximum absolute atomic E-state index is 6.27. The Labute approximate surface area is 190 Å². The number of ether oxygens (including phenoxy) is 1. The number of hydrogen-bond donors (Lipinski definition) is 1. The van der Waals surface area contributed by atoms with Crippen LogP contribution in [0.25, 0.3) is 0 Å². The highest BCUT2D eigenvalue weighted by Gasteiger charge is 2.41. The lowest BCUT2D eigenvalue weighted by molar-refractivity contribution is 0.176. The van der Waals surface area contributed by atoms with E-state index >= 15 is 0 Å². The first kappa shape index (κ1) is 21.2. The number of nitrogens with one attached hydrogen (secondary N) is 1. The van der Waals surface area contributed by atoms with Crippen LogP contribution in [0.4, 0.5) is 0 Å². The number of rotatable bonds is 8. The summed E-state index contributed by atoms with van der Waals surface area (Å²) in [6.07, 6.45) is 2.67. The van der Waals surface area contributed by atoms with Gasteiger partial charge in [0.2, 0.25) is 0 Å². The largest absolute Gasteiger partial charge is 0.452 e. The number of halogens is 1. The molecule has 1 fully saturated rings. The fourth-order valence-corrected chi connectivity index (χ4v) is 4.74. The summed E-state index contributed by atoms with van der Waals surface area (Å²) in [5.41, 5.74) is 0.933. The normalized spacial score (nSPS) is 18.6. The molecule has 1 N–H and O–H groups in total. The van der Waals surface area contributed by atoms with Crippen molar-refractivity contribution in [1.29, 1.82) is 0 Å². The summed E-state index contributed by atoms with van der Waals surface area (Å²) >= 11 is 13.2. The molecule has 0 amide bonds. The second-order valence-electron chi connectivity index (χ2n) is 6.88. The molecule has 1 saturated heterocycles. The summed E-state index contributed by atoms with van der Waals surface area (Å²) in [5, 5.41) is 5.68. The zero-order valence-corrected chi connectivity index (χ0v) is 18.8. The molecule has 2 aromatic heterocycles. The minimum atomic E-state index is -0.0826. The number of benzene rings is 1. The maximum Gasteiger partial charge on any atom is 0.170 e. The smallest absolute Gasteiger partial charge is 0.170 e. The van der Waals surface area contributed by atoms with Crippen molar-refractivity contribution in [2.24, 2.45) is 0 Å². The molecule has 4 rings (SSSR count). The number of methoxy groups -OCH3 is 1. The van der Waals surface area contributed by atoms with Crippen molar-refractivity contribution in [3.63, 3.8) is 0 Å². The number of aromatic nitrogens is 1. The number of hydrogen-bond acceptors (Lipinski definition) is 5. The van der Waals surface area contributed by atoms with Crippen LogP contribution in [0.5, 0.6) is 0 Å². The van der Waals surface area contributed by atoms with Crippen molar-refractivity contribution >= 4 is 40.7 Å². The molecule has 8 heteroatoms. The summed E-state index contributed by atoms with van der Waals surface area (Å²) in [4.78, 5) is 7.79. The molecular formula is C22H22ClN3O2S2. The number of nitrogens with zero attached hydrogens (tertiary/aromatic N) is 2. The number of furan rings is 1. The van der Waals surface area contributed by atoms with Gasteiger partial charge in [-0.3, -0.25) is 4.98 Å². The Kier molecular flexibility index (Phi) is 6.94. The molecule has 156 valence electrons. The highest BCUT2D eigenvalue weighted by Crippen LogP contribution is 2.41. The van der Waals surface area contributed by atoms with Crippen molar-refractivity contribution in [2.75, 3.05) is 20.3 Å². The quantitative estimate of drug-likeness (QED) is 0.353. The van der Waals surface area contributed by atoms with Gasteiger partial charge in [0.15, 0.2) is 10.2 Å². The predicted molar refractivity (Wildman–Crippen MR) is 123 cm³/mol. The van der Waals surface area contributed by atoms with Crippen molar-refractivity contribution in [1.82, 2.24) is 15.2 Å². The van der Waals surface area contributed by atoms with Gasteiger partial charge in [0.05, 0.1) is 11.7 Å². The monoisotopic (exact) mass is 459 g/mol. The molecule has 0 aliphatic carbocycles. The van der Waals surface area contributed by atoms with Gasteiger partial charge in [-0.15, -0.1) is 0 Å². The third-order valence-corrected chi connectivity index (χ3v) is 6.40. The molecule has 0 spiro atoms. The molecule has 1 aromatic carbocycles. The molecule has 0 radical (unpaired) electrons. The van der Waals surface area contributed by atoms with E-state index in [-0.39, 0.29) is 12.1 Å². The molecule has 0 bridgehead atoms. The van der Waals surface area contributed by atoms with E-state index in [1.165, 1.54) is 0 Å². The van der Waals surface area contributed by atoms with Crippen LogP contribution in [0, 0.1) is 0 Å². The van der Waals surface area contributed by atoms with E-state index in [1.807, 2.05) is 54.6 Å². The number of thiocarbonyl (C=S) groups is 1. The van der Waals surface area contributed by atoms with Gasteiger partial charge in [-0.1, -0.05) is 29.4 Å².